The SMILES string of the molecule is COc1ccc(CN2CCC(CNc3ncnc4nc[nH]c34)CC2)cc1. The van der Waals surface area contributed by atoms with Gasteiger partial charge < -0.3 is 15.0 Å². The number of methoxy groups -OCH3 is 1. The van der Waals surface area contributed by atoms with E-state index < -0.39 is 0 Å². The summed E-state index contributed by atoms with van der Waals surface area (Å²) in [7, 11) is 1.70. The van der Waals surface area contributed by atoms with Gasteiger partial charge in [0.05, 0.1) is 13.4 Å². The van der Waals surface area contributed by atoms with E-state index in [-0.39, 0.29) is 0 Å². The van der Waals surface area contributed by atoms with Gasteiger partial charge in [0.25, 0.3) is 0 Å². The van der Waals surface area contributed by atoms with Gasteiger partial charge in [-0.25, -0.2) is 15.0 Å². The molecule has 0 bridgehead atoms. The number of H-pyrrole nitrogens is 1. The average Bonchev–Trinajstić information content (AvgIpc) is 3.17. The molecule has 1 aromatic carbocycles. The van der Waals surface area contributed by atoms with Crippen LogP contribution < -0.4 is 10.1 Å². The largest absolute Gasteiger partial charge is 0.497 e. The molecule has 1 aliphatic rings. The predicted molar refractivity (Wildman–Crippen MR) is 101 cm³/mol. The van der Waals surface area contributed by atoms with Gasteiger partial charge in [-0.3, -0.25) is 4.90 Å². The second-order valence-corrected chi connectivity index (χ2v) is 6.77. The lowest BCUT2D eigenvalue weighted by Gasteiger charge is -2.32. The fraction of sp³-hybridized carbons (Fsp3) is 0.421. The van der Waals surface area contributed by atoms with E-state index in [0.29, 0.717) is 11.6 Å². The molecule has 7 nitrogen and oxygen atoms in total. The molecule has 0 amide bonds. The molecular weight excluding hydrogens is 328 g/mol. The molecule has 0 atom stereocenters. The Morgan fingerprint density at radius 2 is 1.96 bits per heavy atom. The summed E-state index contributed by atoms with van der Waals surface area (Å²) in [6.45, 7) is 4.19. The van der Waals surface area contributed by atoms with Crippen LogP contribution in [0.4, 0.5) is 5.82 Å². The number of imidazole rings is 1. The third kappa shape index (κ3) is 3.77. The first kappa shape index (κ1) is 16.8. The maximum Gasteiger partial charge on any atom is 0.182 e. The number of nitrogens with zero attached hydrogens (tertiary/aromatic N) is 4. The van der Waals surface area contributed by atoms with Crippen molar-refractivity contribution in [1.29, 1.82) is 0 Å². The highest BCUT2D eigenvalue weighted by molar-refractivity contribution is 5.81. The summed E-state index contributed by atoms with van der Waals surface area (Å²) in [5, 5.41) is 3.47. The third-order valence-electron chi connectivity index (χ3n) is 5.05. The topological polar surface area (TPSA) is 79.0 Å². The molecule has 3 aromatic rings. The summed E-state index contributed by atoms with van der Waals surface area (Å²) in [5.41, 5.74) is 2.92. The number of piperidine rings is 1. The fourth-order valence-corrected chi connectivity index (χ4v) is 3.48. The molecule has 3 heterocycles. The summed E-state index contributed by atoms with van der Waals surface area (Å²) in [4.78, 5) is 18.3. The van der Waals surface area contributed by atoms with Crippen molar-refractivity contribution in [3.05, 3.63) is 42.5 Å². The Labute approximate surface area is 152 Å². The molecule has 1 aliphatic heterocycles. The van der Waals surface area contributed by atoms with Crippen LogP contribution in [-0.2, 0) is 6.54 Å². The first-order valence-electron chi connectivity index (χ1n) is 9.05. The van der Waals surface area contributed by atoms with Gasteiger partial charge in [-0.15, -0.1) is 0 Å². The average molecular weight is 352 g/mol. The molecule has 1 saturated heterocycles. The van der Waals surface area contributed by atoms with Crippen molar-refractivity contribution in [1.82, 2.24) is 24.8 Å². The molecule has 1 fully saturated rings. The molecule has 4 rings (SSSR count). The maximum atomic E-state index is 5.22. The van der Waals surface area contributed by atoms with Crippen LogP contribution in [0.15, 0.2) is 36.9 Å². The minimum atomic E-state index is 0.662. The molecule has 2 aromatic heterocycles. The summed E-state index contributed by atoms with van der Waals surface area (Å²) >= 11 is 0. The smallest absolute Gasteiger partial charge is 0.182 e. The van der Waals surface area contributed by atoms with E-state index in [2.05, 4.69) is 42.3 Å². The number of aromatic nitrogens is 4. The number of fused-ring (bicyclic) bond motifs is 1. The van der Waals surface area contributed by atoms with E-state index in [1.54, 1.807) is 19.8 Å². The van der Waals surface area contributed by atoms with E-state index >= 15 is 0 Å². The van der Waals surface area contributed by atoms with Crippen LogP contribution in [0.1, 0.15) is 18.4 Å². The second-order valence-electron chi connectivity index (χ2n) is 6.77. The summed E-state index contributed by atoms with van der Waals surface area (Å²) in [6.07, 6.45) is 5.60. The van der Waals surface area contributed by atoms with Crippen molar-refractivity contribution in [3.63, 3.8) is 0 Å². The number of anilines is 1. The lowest BCUT2D eigenvalue weighted by molar-refractivity contribution is 0.182. The quantitative estimate of drug-likeness (QED) is 0.710. The number of ether oxygens (including phenoxy) is 1. The van der Waals surface area contributed by atoms with Gasteiger partial charge in [-0.2, -0.15) is 0 Å². The van der Waals surface area contributed by atoms with Crippen LogP contribution in [0.25, 0.3) is 11.2 Å². The van der Waals surface area contributed by atoms with Crippen LogP contribution in [0.2, 0.25) is 0 Å². The van der Waals surface area contributed by atoms with E-state index in [9.17, 15) is 0 Å². The van der Waals surface area contributed by atoms with E-state index in [1.807, 2.05) is 12.1 Å². The number of nitrogens with one attached hydrogen (secondary N) is 2. The Hall–Kier alpha value is -2.67. The van der Waals surface area contributed by atoms with E-state index in [0.717, 1.165) is 43.3 Å². The van der Waals surface area contributed by atoms with Crippen LogP contribution in [0.5, 0.6) is 5.75 Å². The molecule has 0 unspecified atom stereocenters. The van der Waals surface area contributed by atoms with Crippen LogP contribution >= 0.6 is 0 Å². The lowest BCUT2D eigenvalue weighted by Crippen LogP contribution is -2.35. The van der Waals surface area contributed by atoms with Crippen LogP contribution in [0.3, 0.4) is 0 Å². The maximum absolute atomic E-state index is 5.22. The molecule has 136 valence electrons. The predicted octanol–water partition coefficient (Wildman–Crippen LogP) is 2.69. The Bertz CT molecular complexity index is 839. The van der Waals surface area contributed by atoms with Crippen molar-refractivity contribution < 1.29 is 4.74 Å². The first-order chi connectivity index (χ1) is 12.8. The summed E-state index contributed by atoms with van der Waals surface area (Å²) < 4.78 is 5.22. The van der Waals surface area contributed by atoms with Crippen molar-refractivity contribution >= 4 is 17.0 Å². The zero-order valence-corrected chi connectivity index (χ0v) is 15.0. The van der Waals surface area contributed by atoms with Crippen molar-refractivity contribution in [2.75, 3.05) is 32.1 Å². The molecule has 26 heavy (non-hydrogen) atoms. The van der Waals surface area contributed by atoms with Gasteiger partial charge in [-0.05, 0) is 49.5 Å². The monoisotopic (exact) mass is 352 g/mol. The van der Waals surface area contributed by atoms with Gasteiger partial charge in [-0.1, -0.05) is 12.1 Å². The minimum absolute atomic E-state index is 0.662. The zero-order valence-electron chi connectivity index (χ0n) is 15.0. The minimum Gasteiger partial charge on any atom is -0.497 e. The standard InChI is InChI=1S/C19H24N6O/c1-26-16-4-2-15(3-5-16)11-25-8-6-14(7-9-25)10-20-18-17-19(22-12-21-17)24-13-23-18/h2-5,12-14H,6-11H2,1H3,(H2,20,21,22,23,24). The van der Waals surface area contributed by atoms with Crippen molar-refractivity contribution in [2.24, 2.45) is 5.92 Å². The highest BCUT2D eigenvalue weighted by Gasteiger charge is 2.19. The molecule has 0 saturated carbocycles. The number of hydrogen-bond acceptors (Lipinski definition) is 6. The Morgan fingerprint density at radius 1 is 1.15 bits per heavy atom. The normalized spacial score (nSPS) is 16.0. The first-order valence-corrected chi connectivity index (χ1v) is 9.05. The second kappa shape index (κ2) is 7.70. The highest BCUT2D eigenvalue weighted by Crippen LogP contribution is 2.22. The Morgan fingerprint density at radius 3 is 2.73 bits per heavy atom. The summed E-state index contributed by atoms with van der Waals surface area (Å²) in [5.74, 6) is 2.41. The van der Waals surface area contributed by atoms with Gasteiger partial charge in [0.1, 0.15) is 17.6 Å². The fourth-order valence-electron chi connectivity index (χ4n) is 3.48. The van der Waals surface area contributed by atoms with Gasteiger partial charge in [0.15, 0.2) is 11.5 Å². The molecule has 0 spiro atoms. The van der Waals surface area contributed by atoms with Crippen LogP contribution in [0, 0.1) is 5.92 Å². The van der Waals surface area contributed by atoms with Gasteiger partial charge in [0, 0.05) is 13.1 Å². The van der Waals surface area contributed by atoms with Gasteiger partial charge >= 0.3 is 0 Å². The van der Waals surface area contributed by atoms with Crippen LogP contribution in [-0.4, -0.2) is 51.6 Å². The number of likely N-dealkylation sites (tertiary alicyclic amines) is 1. The highest BCUT2D eigenvalue weighted by atomic mass is 16.5. The Balaban J connectivity index is 1.26. The molecule has 7 heteroatoms. The summed E-state index contributed by atoms with van der Waals surface area (Å²) in [6, 6.07) is 8.36. The van der Waals surface area contributed by atoms with Crippen molar-refractivity contribution in [2.45, 2.75) is 19.4 Å². The molecular formula is C19H24N6O. The van der Waals surface area contributed by atoms with E-state index in [4.69, 9.17) is 4.74 Å². The molecule has 0 aliphatic carbocycles. The van der Waals surface area contributed by atoms with Crippen molar-refractivity contribution in [3.8, 4) is 5.75 Å². The molecule has 0 radical (unpaired) electrons. The zero-order chi connectivity index (χ0) is 17.8. The Kier molecular flexibility index (Phi) is 4.97. The van der Waals surface area contributed by atoms with Gasteiger partial charge in [0.2, 0.25) is 0 Å². The molecule has 2 N–H and O–H groups in total. The number of benzene rings is 1. The number of hydrogen-bond donors (Lipinski definition) is 2. The number of rotatable bonds is 6. The third-order valence-corrected chi connectivity index (χ3v) is 5.05. The lowest BCUT2D eigenvalue weighted by atomic mass is 9.96. The number of aromatic amines is 1. The van der Waals surface area contributed by atoms with E-state index in [1.165, 1.54) is 18.4 Å².